The van der Waals surface area contributed by atoms with Crippen molar-refractivity contribution in [3.05, 3.63) is 41.4 Å². The van der Waals surface area contributed by atoms with Crippen LogP contribution in [0.3, 0.4) is 0 Å². The third kappa shape index (κ3) is 2.74. The van der Waals surface area contributed by atoms with Crippen LogP contribution in [0.15, 0.2) is 18.5 Å². The summed E-state index contributed by atoms with van der Waals surface area (Å²) in [7, 11) is 0. The van der Waals surface area contributed by atoms with Gasteiger partial charge in [0.15, 0.2) is 5.82 Å². The number of likely N-dealkylation sites (tertiary alicyclic amines) is 1. The Labute approximate surface area is 135 Å². The predicted molar refractivity (Wildman–Crippen MR) is 85.6 cm³/mol. The highest BCUT2D eigenvalue weighted by Crippen LogP contribution is 2.37. The standard InChI is InChI=1S/C16H20N6O/c1-10-7-13(17)21-15(20-10)16(3)5-4-6-22(16)14(23)12-8-18-11(2)19-9-12/h7-9H,4-6H2,1-3H3,(H2,17,20,21)/t16-/m0/s1. The molecule has 2 aromatic heterocycles. The summed E-state index contributed by atoms with van der Waals surface area (Å²) in [5.41, 5.74) is 6.57. The number of hydrogen-bond donors (Lipinski definition) is 1. The molecular weight excluding hydrogens is 292 g/mol. The van der Waals surface area contributed by atoms with Gasteiger partial charge in [-0.1, -0.05) is 0 Å². The van der Waals surface area contributed by atoms with Crippen molar-refractivity contribution in [2.45, 2.75) is 39.2 Å². The van der Waals surface area contributed by atoms with Crippen LogP contribution in [0.25, 0.3) is 0 Å². The third-order valence-corrected chi connectivity index (χ3v) is 4.27. The second kappa shape index (κ2) is 5.57. The van der Waals surface area contributed by atoms with E-state index in [-0.39, 0.29) is 5.91 Å². The Bertz CT molecular complexity index is 724. The maximum Gasteiger partial charge on any atom is 0.257 e. The Morgan fingerprint density at radius 1 is 1.26 bits per heavy atom. The summed E-state index contributed by atoms with van der Waals surface area (Å²) in [6.45, 7) is 6.30. The Morgan fingerprint density at radius 2 is 1.96 bits per heavy atom. The summed E-state index contributed by atoms with van der Waals surface area (Å²) in [5, 5.41) is 0. The summed E-state index contributed by atoms with van der Waals surface area (Å²) in [5.74, 6) is 1.55. The van der Waals surface area contributed by atoms with Gasteiger partial charge in [-0.25, -0.2) is 19.9 Å². The second-order valence-corrected chi connectivity index (χ2v) is 6.11. The number of carbonyl (C=O) groups excluding carboxylic acids is 1. The van der Waals surface area contributed by atoms with E-state index in [0.717, 1.165) is 18.5 Å². The van der Waals surface area contributed by atoms with Crippen LogP contribution in [0.2, 0.25) is 0 Å². The number of amides is 1. The van der Waals surface area contributed by atoms with Crippen LogP contribution in [0.5, 0.6) is 0 Å². The molecule has 1 saturated heterocycles. The highest BCUT2D eigenvalue weighted by molar-refractivity contribution is 5.94. The first-order chi connectivity index (χ1) is 10.9. The van der Waals surface area contributed by atoms with E-state index in [1.54, 1.807) is 30.3 Å². The van der Waals surface area contributed by atoms with E-state index in [0.29, 0.717) is 29.6 Å². The first-order valence-corrected chi connectivity index (χ1v) is 7.62. The molecule has 3 heterocycles. The summed E-state index contributed by atoms with van der Waals surface area (Å²) >= 11 is 0. The van der Waals surface area contributed by atoms with Crippen LogP contribution in [0, 0.1) is 13.8 Å². The minimum absolute atomic E-state index is 0.103. The fourth-order valence-electron chi connectivity index (χ4n) is 3.01. The molecule has 1 fully saturated rings. The molecule has 1 atom stereocenters. The molecule has 3 rings (SSSR count). The van der Waals surface area contributed by atoms with Crippen molar-refractivity contribution in [1.82, 2.24) is 24.8 Å². The van der Waals surface area contributed by atoms with Crippen LogP contribution in [-0.2, 0) is 5.54 Å². The fourth-order valence-corrected chi connectivity index (χ4v) is 3.01. The lowest BCUT2D eigenvalue weighted by Crippen LogP contribution is -2.44. The van der Waals surface area contributed by atoms with E-state index in [1.807, 2.05) is 13.8 Å². The van der Waals surface area contributed by atoms with E-state index in [1.165, 1.54) is 0 Å². The monoisotopic (exact) mass is 312 g/mol. The van der Waals surface area contributed by atoms with Gasteiger partial charge in [-0.2, -0.15) is 0 Å². The van der Waals surface area contributed by atoms with Gasteiger partial charge in [-0.3, -0.25) is 4.79 Å². The van der Waals surface area contributed by atoms with Gasteiger partial charge in [-0.05, 0) is 33.6 Å². The average molecular weight is 312 g/mol. The lowest BCUT2D eigenvalue weighted by Gasteiger charge is -2.34. The number of aryl methyl sites for hydroxylation is 2. The predicted octanol–water partition coefficient (Wildman–Crippen LogP) is 1.62. The number of nitrogens with two attached hydrogens (primary N) is 1. The summed E-state index contributed by atoms with van der Waals surface area (Å²) < 4.78 is 0. The number of aromatic nitrogens is 4. The van der Waals surface area contributed by atoms with Crippen molar-refractivity contribution in [3.63, 3.8) is 0 Å². The molecule has 2 N–H and O–H groups in total. The number of hydrogen-bond acceptors (Lipinski definition) is 6. The zero-order chi connectivity index (χ0) is 16.6. The van der Waals surface area contributed by atoms with Crippen molar-refractivity contribution in [1.29, 1.82) is 0 Å². The Kier molecular flexibility index (Phi) is 3.71. The lowest BCUT2D eigenvalue weighted by atomic mass is 9.97. The molecule has 1 amide bonds. The second-order valence-electron chi connectivity index (χ2n) is 6.11. The van der Waals surface area contributed by atoms with Crippen molar-refractivity contribution in [2.75, 3.05) is 12.3 Å². The molecule has 7 heteroatoms. The molecule has 0 spiro atoms. The maximum absolute atomic E-state index is 12.9. The molecule has 7 nitrogen and oxygen atoms in total. The quantitative estimate of drug-likeness (QED) is 0.904. The van der Waals surface area contributed by atoms with Crippen molar-refractivity contribution < 1.29 is 4.79 Å². The van der Waals surface area contributed by atoms with Gasteiger partial charge in [0.05, 0.1) is 5.56 Å². The zero-order valence-corrected chi connectivity index (χ0v) is 13.6. The van der Waals surface area contributed by atoms with Gasteiger partial charge in [0.25, 0.3) is 5.91 Å². The summed E-state index contributed by atoms with van der Waals surface area (Å²) in [6.07, 6.45) is 4.82. The smallest absolute Gasteiger partial charge is 0.257 e. The number of carbonyl (C=O) groups is 1. The van der Waals surface area contributed by atoms with E-state index in [2.05, 4.69) is 19.9 Å². The number of rotatable bonds is 2. The molecule has 0 aliphatic carbocycles. The average Bonchev–Trinajstić information content (AvgIpc) is 2.89. The maximum atomic E-state index is 12.9. The topological polar surface area (TPSA) is 97.9 Å². The molecule has 120 valence electrons. The lowest BCUT2D eigenvalue weighted by molar-refractivity contribution is 0.0603. The first kappa shape index (κ1) is 15.3. The molecule has 1 aliphatic heterocycles. The fraction of sp³-hybridized carbons (Fsp3) is 0.438. The highest BCUT2D eigenvalue weighted by atomic mass is 16.2. The van der Waals surface area contributed by atoms with Crippen LogP contribution in [-0.4, -0.2) is 37.3 Å². The number of nitrogens with zero attached hydrogens (tertiary/aromatic N) is 5. The van der Waals surface area contributed by atoms with Gasteiger partial charge >= 0.3 is 0 Å². The molecule has 0 aromatic carbocycles. The molecule has 0 bridgehead atoms. The van der Waals surface area contributed by atoms with Crippen LogP contribution in [0.4, 0.5) is 5.82 Å². The molecule has 0 radical (unpaired) electrons. The van der Waals surface area contributed by atoms with Gasteiger partial charge < -0.3 is 10.6 Å². The third-order valence-electron chi connectivity index (χ3n) is 4.27. The Balaban J connectivity index is 1.98. The molecular formula is C16H20N6O. The molecule has 0 saturated carbocycles. The van der Waals surface area contributed by atoms with Crippen molar-refractivity contribution in [3.8, 4) is 0 Å². The van der Waals surface area contributed by atoms with E-state index in [4.69, 9.17) is 5.73 Å². The molecule has 1 aliphatic rings. The van der Waals surface area contributed by atoms with Gasteiger partial charge in [0, 0.05) is 30.7 Å². The van der Waals surface area contributed by atoms with E-state index < -0.39 is 5.54 Å². The first-order valence-electron chi connectivity index (χ1n) is 7.62. The Morgan fingerprint density at radius 3 is 2.61 bits per heavy atom. The van der Waals surface area contributed by atoms with E-state index in [9.17, 15) is 4.79 Å². The molecule has 2 aromatic rings. The minimum atomic E-state index is -0.567. The van der Waals surface area contributed by atoms with E-state index >= 15 is 0 Å². The number of anilines is 1. The van der Waals surface area contributed by atoms with Gasteiger partial charge in [-0.15, -0.1) is 0 Å². The largest absolute Gasteiger partial charge is 0.384 e. The zero-order valence-electron chi connectivity index (χ0n) is 13.6. The van der Waals surface area contributed by atoms with Crippen LogP contribution < -0.4 is 5.73 Å². The van der Waals surface area contributed by atoms with Crippen molar-refractivity contribution in [2.24, 2.45) is 0 Å². The minimum Gasteiger partial charge on any atom is -0.384 e. The van der Waals surface area contributed by atoms with Gasteiger partial charge in [0.1, 0.15) is 17.2 Å². The van der Waals surface area contributed by atoms with Crippen molar-refractivity contribution >= 4 is 11.7 Å². The molecule has 23 heavy (non-hydrogen) atoms. The highest BCUT2D eigenvalue weighted by Gasteiger charge is 2.44. The van der Waals surface area contributed by atoms with Gasteiger partial charge in [0.2, 0.25) is 0 Å². The molecule has 0 unspecified atom stereocenters. The Hall–Kier alpha value is -2.57. The normalized spacial score (nSPS) is 20.7. The number of nitrogen functional groups attached to an aromatic ring is 1. The summed E-state index contributed by atoms with van der Waals surface area (Å²) in [4.78, 5) is 31.8. The summed E-state index contributed by atoms with van der Waals surface area (Å²) in [6, 6.07) is 1.72. The van der Waals surface area contributed by atoms with Crippen LogP contribution in [0.1, 0.15) is 47.5 Å². The SMILES string of the molecule is Cc1cc(N)nc([C@]2(C)CCCN2C(=O)c2cnc(C)nc2)n1. The van der Waals surface area contributed by atoms with Crippen LogP contribution >= 0.6 is 0 Å².